The Bertz CT molecular complexity index is 524. The normalized spacial score (nSPS) is 26.4. The first-order valence-electron chi connectivity index (χ1n) is 7.04. The summed E-state index contributed by atoms with van der Waals surface area (Å²) in [7, 11) is 1.66. The van der Waals surface area contributed by atoms with Crippen LogP contribution < -0.4 is 5.69 Å². The van der Waals surface area contributed by atoms with Gasteiger partial charge < -0.3 is 9.47 Å². The fourth-order valence-corrected chi connectivity index (χ4v) is 2.40. The Labute approximate surface area is 119 Å². The van der Waals surface area contributed by atoms with Crippen LogP contribution in [-0.2, 0) is 9.47 Å². The number of aromatic nitrogens is 2. The van der Waals surface area contributed by atoms with E-state index in [9.17, 15) is 4.79 Å². The van der Waals surface area contributed by atoms with Crippen LogP contribution in [0.1, 0.15) is 38.5 Å². The highest BCUT2D eigenvalue weighted by Gasteiger charge is 2.33. The molecular weight excluding hydrogens is 256 g/mol. The van der Waals surface area contributed by atoms with E-state index in [2.05, 4.69) is 18.8 Å². The van der Waals surface area contributed by atoms with Crippen molar-refractivity contribution >= 4 is 6.08 Å². The summed E-state index contributed by atoms with van der Waals surface area (Å²) in [6, 6.07) is 0. The lowest BCUT2D eigenvalue weighted by Crippen LogP contribution is -2.27. The van der Waals surface area contributed by atoms with Crippen LogP contribution in [0.25, 0.3) is 6.08 Å². The number of nitrogens with zero attached hydrogens (tertiary/aromatic N) is 2. The van der Waals surface area contributed by atoms with Crippen molar-refractivity contribution in [1.29, 1.82) is 0 Å². The molecule has 0 bridgehead atoms. The molecule has 0 N–H and O–H groups in total. The largest absolute Gasteiger partial charge is 0.382 e. The zero-order valence-corrected chi connectivity index (χ0v) is 12.3. The highest BCUT2D eigenvalue weighted by molar-refractivity contribution is 5.46. The van der Waals surface area contributed by atoms with Crippen molar-refractivity contribution in [3.63, 3.8) is 0 Å². The van der Waals surface area contributed by atoms with Crippen LogP contribution in [0, 0.1) is 5.92 Å². The van der Waals surface area contributed by atoms with E-state index in [0.29, 0.717) is 12.5 Å². The van der Waals surface area contributed by atoms with Crippen LogP contribution in [0.3, 0.4) is 0 Å². The van der Waals surface area contributed by atoms with Crippen LogP contribution in [0.2, 0.25) is 0 Å². The molecular formula is C15H22N2O3. The maximum absolute atomic E-state index is 11.9. The van der Waals surface area contributed by atoms with Gasteiger partial charge >= 0.3 is 5.69 Å². The predicted octanol–water partition coefficient (Wildman–Crippen LogP) is 2.24. The van der Waals surface area contributed by atoms with Crippen molar-refractivity contribution in [2.24, 2.45) is 5.92 Å². The van der Waals surface area contributed by atoms with Crippen molar-refractivity contribution in [2.75, 3.05) is 13.7 Å². The summed E-state index contributed by atoms with van der Waals surface area (Å²) >= 11 is 0. The van der Waals surface area contributed by atoms with Crippen molar-refractivity contribution in [3.8, 4) is 0 Å². The molecule has 3 atom stereocenters. The third-order valence-corrected chi connectivity index (χ3v) is 3.56. The van der Waals surface area contributed by atoms with E-state index in [1.54, 1.807) is 17.9 Å². The Kier molecular flexibility index (Phi) is 5.09. The van der Waals surface area contributed by atoms with Crippen LogP contribution in [0.15, 0.2) is 23.3 Å². The smallest absolute Gasteiger partial charge is 0.349 e. The fourth-order valence-electron chi connectivity index (χ4n) is 2.40. The number of rotatable bonds is 5. The zero-order chi connectivity index (χ0) is 14.5. The molecule has 1 aliphatic heterocycles. The van der Waals surface area contributed by atoms with E-state index < -0.39 is 0 Å². The van der Waals surface area contributed by atoms with Gasteiger partial charge in [-0.05, 0) is 18.8 Å². The molecule has 110 valence electrons. The summed E-state index contributed by atoms with van der Waals surface area (Å²) in [6.45, 7) is 4.73. The maximum atomic E-state index is 11.9. The lowest BCUT2D eigenvalue weighted by atomic mass is 10.0. The molecule has 0 aliphatic carbocycles. The first-order chi connectivity index (χ1) is 9.65. The lowest BCUT2D eigenvalue weighted by Gasteiger charge is -2.16. The molecule has 20 heavy (non-hydrogen) atoms. The Morgan fingerprint density at radius 1 is 1.60 bits per heavy atom. The summed E-state index contributed by atoms with van der Waals surface area (Å²) in [5.41, 5.74) is 0.645. The second kappa shape index (κ2) is 6.81. The fraction of sp³-hybridized carbons (Fsp3) is 0.600. The van der Waals surface area contributed by atoms with E-state index in [1.807, 2.05) is 18.3 Å². The summed E-state index contributed by atoms with van der Waals surface area (Å²) in [6.07, 6.45) is 8.95. The van der Waals surface area contributed by atoms with Gasteiger partial charge in [0.05, 0.1) is 12.7 Å². The molecule has 0 saturated carbocycles. The third kappa shape index (κ3) is 3.35. The predicted molar refractivity (Wildman–Crippen MR) is 77.4 cm³/mol. The molecule has 0 amide bonds. The molecule has 0 aromatic carbocycles. The minimum absolute atomic E-state index is 0.0340. The summed E-state index contributed by atoms with van der Waals surface area (Å²) < 4.78 is 12.6. The Morgan fingerprint density at radius 2 is 2.40 bits per heavy atom. The molecule has 0 spiro atoms. The van der Waals surface area contributed by atoms with Gasteiger partial charge in [0, 0.05) is 25.1 Å². The van der Waals surface area contributed by atoms with Crippen LogP contribution in [0.4, 0.5) is 0 Å². The summed E-state index contributed by atoms with van der Waals surface area (Å²) in [5.74, 6) is 0.363. The molecule has 1 unspecified atom stereocenters. The van der Waals surface area contributed by atoms with Crippen molar-refractivity contribution in [1.82, 2.24) is 9.55 Å². The molecule has 1 aromatic heterocycles. The standard InChI is InChI=1S/C15H22N2O3/c1-4-5-6-12-8-16-15(18)17(9-12)14-7-11(2)13(20-14)10-19-3/h5-6,8-9,11,13-14H,4,7,10H2,1-3H3/b6-5+/t11?,13-,14-/m1/s1. The van der Waals surface area contributed by atoms with E-state index in [4.69, 9.17) is 9.47 Å². The van der Waals surface area contributed by atoms with Crippen LogP contribution in [0.5, 0.6) is 0 Å². The zero-order valence-electron chi connectivity index (χ0n) is 12.3. The van der Waals surface area contributed by atoms with Crippen LogP contribution in [-0.4, -0.2) is 29.4 Å². The monoisotopic (exact) mass is 278 g/mol. The SMILES string of the molecule is CC/C=C/c1cnc(=O)n([C@H]2CC(C)[C@@H](COC)O2)c1. The van der Waals surface area contributed by atoms with E-state index >= 15 is 0 Å². The van der Waals surface area contributed by atoms with Gasteiger partial charge in [-0.1, -0.05) is 26.0 Å². The number of hydrogen-bond donors (Lipinski definition) is 0. The molecule has 5 nitrogen and oxygen atoms in total. The highest BCUT2D eigenvalue weighted by atomic mass is 16.5. The minimum atomic E-state index is -0.270. The first kappa shape index (κ1) is 14.9. The average Bonchev–Trinajstić information content (AvgIpc) is 2.79. The number of methoxy groups -OCH3 is 1. The summed E-state index contributed by atoms with van der Waals surface area (Å²) in [4.78, 5) is 15.8. The van der Waals surface area contributed by atoms with Crippen LogP contribution >= 0.6 is 0 Å². The van der Waals surface area contributed by atoms with Gasteiger partial charge in [0.2, 0.25) is 0 Å². The molecule has 5 heteroatoms. The number of hydrogen-bond acceptors (Lipinski definition) is 4. The molecule has 0 radical (unpaired) electrons. The van der Waals surface area contributed by atoms with Gasteiger partial charge in [0.15, 0.2) is 0 Å². The third-order valence-electron chi connectivity index (χ3n) is 3.56. The maximum Gasteiger partial charge on any atom is 0.349 e. The van der Waals surface area contributed by atoms with Gasteiger partial charge in [-0.2, -0.15) is 0 Å². The molecule has 1 aromatic rings. The van der Waals surface area contributed by atoms with Crippen molar-refractivity contribution < 1.29 is 9.47 Å². The van der Waals surface area contributed by atoms with Gasteiger partial charge in [-0.25, -0.2) is 9.78 Å². The lowest BCUT2D eigenvalue weighted by molar-refractivity contribution is -0.0404. The topological polar surface area (TPSA) is 53.4 Å². The van der Waals surface area contributed by atoms with Crippen molar-refractivity contribution in [2.45, 2.75) is 39.0 Å². The number of allylic oxidation sites excluding steroid dienone is 1. The van der Waals surface area contributed by atoms with Gasteiger partial charge in [-0.3, -0.25) is 4.57 Å². The number of ether oxygens (including phenoxy) is 2. The molecule has 2 heterocycles. The Morgan fingerprint density at radius 3 is 3.10 bits per heavy atom. The molecule has 1 saturated heterocycles. The van der Waals surface area contributed by atoms with Gasteiger partial charge in [-0.15, -0.1) is 0 Å². The first-order valence-corrected chi connectivity index (χ1v) is 7.04. The Balaban J connectivity index is 2.20. The van der Waals surface area contributed by atoms with E-state index in [1.165, 1.54) is 0 Å². The van der Waals surface area contributed by atoms with Crippen molar-refractivity contribution in [3.05, 3.63) is 34.5 Å². The second-order valence-electron chi connectivity index (χ2n) is 5.19. The van der Waals surface area contributed by atoms with Gasteiger partial charge in [0.1, 0.15) is 6.23 Å². The molecule has 1 aliphatic rings. The summed E-state index contributed by atoms with van der Waals surface area (Å²) in [5, 5.41) is 0. The van der Waals surface area contributed by atoms with E-state index in [-0.39, 0.29) is 18.0 Å². The van der Waals surface area contributed by atoms with Gasteiger partial charge in [0.25, 0.3) is 0 Å². The second-order valence-corrected chi connectivity index (χ2v) is 5.19. The van der Waals surface area contributed by atoms with E-state index in [0.717, 1.165) is 18.4 Å². The quantitative estimate of drug-likeness (QED) is 0.829. The molecule has 1 fully saturated rings. The Hall–Kier alpha value is -1.46. The minimum Gasteiger partial charge on any atom is -0.382 e. The molecule has 2 rings (SSSR count). The highest BCUT2D eigenvalue weighted by Crippen LogP contribution is 2.32. The average molecular weight is 278 g/mol.